The Morgan fingerprint density at radius 1 is 1.06 bits per heavy atom. The van der Waals surface area contributed by atoms with Crippen molar-refractivity contribution < 1.29 is 14.3 Å². The number of carbonyl (C=O) groups is 1. The van der Waals surface area contributed by atoms with Crippen molar-refractivity contribution in [2.75, 3.05) is 61.1 Å². The molecule has 2 saturated heterocycles. The van der Waals surface area contributed by atoms with Crippen LogP contribution in [0.25, 0.3) is 11.4 Å². The SMILES string of the molecule is CCOC(=O)Nc1cc(C)c(-c2nc(N3CCCCC3)cc(N3CCOCC3)n2)cn1. The van der Waals surface area contributed by atoms with Gasteiger partial charge >= 0.3 is 6.09 Å². The van der Waals surface area contributed by atoms with E-state index in [2.05, 4.69) is 26.2 Å². The Kier molecular flexibility index (Phi) is 6.81. The van der Waals surface area contributed by atoms with E-state index in [9.17, 15) is 4.79 Å². The van der Waals surface area contributed by atoms with Gasteiger partial charge < -0.3 is 19.3 Å². The van der Waals surface area contributed by atoms with Crippen molar-refractivity contribution in [1.82, 2.24) is 15.0 Å². The van der Waals surface area contributed by atoms with Gasteiger partial charge in [-0.05, 0) is 44.7 Å². The van der Waals surface area contributed by atoms with Crippen LogP contribution in [0, 0.1) is 6.92 Å². The van der Waals surface area contributed by atoms with E-state index in [1.165, 1.54) is 19.3 Å². The van der Waals surface area contributed by atoms with E-state index in [0.717, 1.165) is 48.9 Å². The summed E-state index contributed by atoms with van der Waals surface area (Å²) in [5.74, 6) is 2.97. The summed E-state index contributed by atoms with van der Waals surface area (Å²) in [6.07, 6.45) is 4.83. The molecule has 0 atom stereocenters. The van der Waals surface area contributed by atoms with Gasteiger partial charge in [0.25, 0.3) is 0 Å². The number of nitrogens with zero attached hydrogens (tertiary/aromatic N) is 5. The number of aryl methyl sites for hydroxylation is 1. The van der Waals surface area contributed by atoms with Crippen molar-refractivity contribution in [2.45, 2.75) is 33.1 Å². The average molecular weight is 427 g/mol. The molecule has 0 radical (unpaired) electrons. The second-order valence-corrected chi connectivity index (χ2v) is 7.79. The Morgan fingerprint density at radius 2 is 1.74 bits per heavy atom. The van der Waals surface area contributed by atoms with E-state index in [0.29, 0.717) is 31.5 Å². The van der Waals surface area contributed by atoms with Crippen LogP contribution in [0.1, 0.15) is 31.7 Å². The van der Waals surface area contributed by atoms with Gasteiger partial charge in [-0.15, -0.1) is 0 Å². The fourth-order valence-electron chi connectivity index (χ4n) is 3.91. The van der Waals surface area contributed by atoms with Crippen LogP contribution in [0.15, 0.2) is 18.3 Å². The number of rotatable bonds is 5. The molecule has 0 unspecified atom stereocenters. The Balaban J connectivity index is 1.66. The minimum Gasteiger partial charge on any atom is -0.450 e. The van der Waals surface area contributed by atoms with E-state index in [1.807, 2.05) is 13.0 Å². The first-order valence-electron chi connectivity index (χ1n) is 11.0. The lowest BCUT2D eigenvalue weighted by atomic mass is 10.1. The van der Waals surface area contributed by atoms with Crippen molar-refractivity contribution in [2.24, 2.45) is 0 Å². The van der Waals surface area contributed by atoms with Crippen LogP contribution in [0.5, 0.6) is 0 Å². The van der Waals surface area contributed by atoms with Crippen molar-refractivity contribution in [3.05, 3.63) is 23.9 Å². The second kappa shape index (κ2) is 9.91. The quantitative estimate of drug-likeness (QED) is 0.779. The number of carbonyl (C=O) groups excluding carboxylic acids is 1. The summed E-state index contributed by atoms with van der Waals surface area (Å²) in [5, 5.41) is 2.65. The molecule has 2 aliphatic heterocycles. The highest BCUT2D eigenvalue weighted by molar-refractivity contribution is 5.83. The monoisotopic (exact) mass is 426 g/mol. The first kappa shape index (κ1) is 21.3. The van der Waals surface area contributed by atoms with E-state index < -0.39 is 6.09 Å². The van der Waals surface area contributed by atoms with Gasteiger partial charge in [0.15, 0.2) is 5.82 Å². The maximum Gasteiger partial charge on any atom is 0.412 e. The number of ether oxygens (including phenoxy) is 2. The zero-order valence-corrected chi connectivity index (χ0v) is 18.3. The predicted molar refractivity (Wildman–Crippen MR) is 120 cm³/mol. The van der Waals surface area contributed by atoms with E-state index >= 15 is 0 Å². The summed E-state index contributed by atoms with van der Waals surface area (Å²) in [5.41, 5.74) is 1.79. The normalized spacial score (nSPS) is 16.8. The fraction of sp³-hybridized carbons (Fsp3) is 0.545. The number of morpholine rings is 1. The molecule has 4 rings (SSSR count). The summed E-state index contributed by atoms with van der Waals surface area (Å²) in [6, 6.07) is 3.91. The van der Waals surface area contributed by atoms with Gasteiger partial charge in [0, 0.05) is 44.0 Å². The van der Waals surface area contributed by atoms with Gasteiger partial charge in [-0.25, -0.2) is 19.7 Å². The van der Waals surface area contributed by atoms with Gasteiger partial charge in [0.1, 0.15) is 17.5 Å². The van der Waals surface area contributed by atoms with Gasteiger partial charge in [-0.2, -0.15) is 0 Å². The first-order chi connectivity index (χ1) is 15.1. The highest BCUT2D eigenvalue weighted by Gasteiger charge is 2.20. The topological polar surface area (TPSA) is 92.7 Å². The van der Waals surface area contributed by atoms with E-state index in [1.54, 1.807) is 13.1 Å². The molecule has 0 aliphatic carbocycles. The van der Waals surface area contributed by atoms with Crippen molar-refractivity contribution in [3.63, 3.8) is 0 Å². The van der Waals surface area contributed by atoms with Crippen molar-refractivity contribution in [3.8, 4) is 11.4 Å². The molecule has 0 spiro atoms. The summed E-state index contributed by atoms with van der Waals surface area (Å²) in [6.45, 7) is 9.10. The number of anilines is 3. The van der Waals surface area contributed by atoms with Crippen LogP contribution >= 0.6 is 0 Å². The molecular formula is C22H30N6O3. The molecule has 2 aromatic rings. The second-order valence-electron chi connectivity index (χ2n) is 7.79. The lowest BCUT2D eigenvalue weighted by Crippen LogP contribution is -2.37. The fourth-order valence-corrected chi connectivity index (χ4v) is 3.91. The predicted octanol–water partition coefficient (Wildman–Crippen LogP) is 3.24. The molecule has 0 bridgehead atoms. The van der Waals surface area contributed by atoms with Gasteiger partial charge in [-0.1, -0.05) is 0 Å². The molecule has 31 heavy (non-hydrogen) atoms. The standard InChI is InChI=1S/C22H30N6O3/c1-3-31-22(29)24-18-13-16(2)17(15-23-18)21-25-19(27-7-5-4-6-8-27)14-20(26-21)28-9-11-30-12-10-28/h13-15H,3-12H2,1-2H3,(H,23,24,29). The number of piperidine rings is 1. The Hall–Kier alpha value is -2.94. The van der Waals surface area contributed by atoms with E-state index in [-0.39, 0.29) is 0 Å². The number of hydrogen-bond donors (Lipinski definition) is 1. The Morgan fingerprint density at radius 3 is 2.39 bits per heavy atom. The maximum atomic E-state index is 11.7. The molecule has 2 aromatic heterocycles. The molecule has 1 amide bonds. The smallest absolute Gasteiger partial charge is 0.412 e. The average Bonchev–Trinajstić information content (AvgIpc) is 2.80. The lowest BCUT2D eigenvalue weighted by molar-refractivity contribution is 0.122. The highest BCUT2D eigenvalue weighted by Crippen LogP contribution is 2.29. The molecule has 9 nitrogen and oxygen atoms in total. The third-order valence-electron chi connectivity index (χ3n) is 5.57. The zero-order chi connectivity index (χ0) is 21.6. The first-order valence-corrected chi connectivity index (χ1v) is 11.0. The minimum absolute atomic E-state index is 0.310. The lowest BCUT2D eigenvalue weighted by Gasteiger charge is -2.31. The van der Waals surface area contributed by atoms with Gasteiger partial charge in [-0.3, -0.25) is 5.32 Å². The van der Waals surface area contributed by atoms with Crippen LogP contribution in [0.4, 0.5) is 22.2 Å². The Bertz CT molecular complexity index is 874. The number of amides is 1. The van der Waals surface area contributed by atoms with Crippen LogP contribution in [-0.2, 0) is 9.47 Å². The molecule has 0 aromatic carbocycles. The number of nitrogens with one attached hydrogen (secondary N) is 1. The van der Waals surface area contributed by atoms with Crippen LogP contribution in [-0.4, -0.2) is 67.0 Å². The summed E-state index contributed by atoms with van der Waals surface area (Å²) in [4.78, 5) is 30.5. The zero-order valence-electron chi connectivity index (χ0n) is 18.3. The van der Waals surface area contributed by atoms with Gasteiger partial charge in [0.05, 0.1) is 19.8 Å². The van der Waals surface area contributed by atoms with Crippen molar-refractivity contribution in [1.29, 1.82) is 0 Å². The molecule has 1 N–H and O–H groups in total. The van der Waals surface area contributed by atoms with Crippen LogP contribution in [0.2, 0.25) is 0 Å². The van der Waals surface area contributed by atoms with Crippen LogP contribution < -0.4 is 15.1 Å². The maximum absolute atomic E-state index is 11.7. The van der Waals surface area contributed by atoms with Gasteiger partial charge in [0.2, 0.25) is 0 Å². The molecule has 9 heteroatoms. The van der Waals surface area contributed by atoms with E-state index in [4.69, 9.17) is 19.4 Å². The highest BCUT2D eigenvalue weighted by atomic mass is 16.5. The molecule has 2 aliphatic rings. The largest absolute Gasteiger partial charge is 0.450 e. The third-order valence-corrected chi connectivity index (χ3v) is 5.57. The number of aromatic nitrogens is 3. The summed E-state index contributed by atoms with van der Waals surface area (Å²) in [7, 11) is 0. The minimum atomic E-state index is -0.514. The number of pyridine rings is 1. The van der Waals surface area contributed by atoms with Crippen LogP contribution in [0.3, 0.4) is 0 Å². The molecular weight excluding hydrogens is 396 g/mol. The molecule has 0 saturated carbocycles. The Labute approximate surface area is 182 Å². The molecule has 2 fully saturated rings. The molecule has 4 heterocycles. The molecule has 166 valence electrons. The summed E-state index contributed by atoms with van der Waals surface area (Å²) >= 11 is 0. The van der Waals surface area contributed by atoms with Crippen molar-refractivity contribution >= 4 is 23.5 Å². The third kappa shape index (κ3) is 5.22. The number of hydrogen-bond acceptors (Lipinski definition) is 8. The summed E-state index contributed by atoms with van der Waals surface area (Å²) < 4.78 is 10.4.